The number of benzene rings is 1. The van der Waals surface area contributed by atoms with Gasteiger partial charge >= 0.3 is 0 Å². The van der Waals surface area contributed by atoms with Gasteiger partial charge in [0.05, 0.1) is 13.2 Å². The zero-order valence-corrected chi connectivity index (χ0v) is 13.5. The molecule has 6 nitrogen and oxygen atoms in total. The Kier molecular flexibility index (Phi) is 4.90. The molecule has 3 N–H and O–H groups in total. The Hall–Kier alpha value is -0.830. The van der Waals surface area contributed by atoms with Crippen molar-refractivity contribution < 1.29 is 17.9 Å². The zero-order chi connectivity index (χ0) is 14.8. The number of nitrogens with one attached hydrogen (secondary N) is 1. The van der Waals surface area contributed by atoms with Gasteiger partial charge in [-0.25, -0.2) is 13.1 Å². The minimum Gasteiger partial charge on any atom is -0.495 e. The summed E-state index contributed by atoms with van der Waals surface area (Å²) in [5, 5.41) is 0. The maximum atomic E-state index is 12.3. The number of rotatable bonds is 5. The van der Waals surface area contributed by atoms with Crippen LogP contribution in [0.3, 0.4) is 0 Å². The second-order valence-corrected chi connectivity index (χ2v) is 7.10. The second-order valence-electron chi connectivity index (χ2n) is 4.51. The smallest absolute Gasteiger partial charge is 0.244 e. The summed E-state index contributed by atoms with van der Waals surface area (Å²) in [5.41, 5.74) is 6.08. The molecule has 0 saturated carbocycles. The molecule has 0 radical (unpaired) electrons. The van der Waals surface area contributed by atoms with Crippen LogP contribution in [-0.2, 0) is 14.8 Å². The van der Waals surface area contributed by atoms with E-state index in [-0.39, 0.29) is 23.3 Å². The highest BCUT2D eigenvalue weighted by Crippen LogP contribution is 2.32. The number of nitrogen functional groups attached to an aromatic ring is 1. The molecule has 112 valence electrons. The molecule has 1 saturated heterocycles. The lowest BCUT2D eigenvalue weighted by atomic mass is 10.2. The minimum absolute atomic E-state index is 0.0266. The Morgan fingerprint density at radius 2 is 2.30 bits per heavy atom. The summed E-state index contributed by atoms with van der Waals surface area (Å²) >= 11 is 3.24. The van der Waals surface area contributed by atoms with Crippen molar-refractivity contribution >= 4 is 31.6 Å². The summed E-state index contributed by atoms with van der Waals surface area (Å²) in [6.07, 6.45) is 1.76. The third-order valence-corrected chi connectivity index (χ3v) is 5.23. The van der Waals surface area contributed by atoms with Crippen LogP contribution in [0.5, 0.6) is 5.75 Å². The summed E-state index contributed by atoms with van der Waals surface area (Å²) in [4.78, 5) is 0.0266. The first kappa shape index (κ1) is 15.6. The van der Waals surface area contributed by atoms with Crippen molar-refractivity contribution in [2.45, 2.75) is 23.8 Å². The average Bonchev–Trinajstić information content (AvgIpc) is 2.92. The van der Waals surface area contributed by atoms with E-state index in [1.807, 2.05) is 0 Å². The number of anilines is 1. The molecule has 1 aliphatic rings. The van der Waals surface area contributed by atoms with Gasteiger partial charge in [0.2, 0.25) is 10.0 Å². The van der Waals surface area contributed by atoms with Gasteiger partial charge in [-0.2, -0.15) is 0 Å². The molecule has 1 unspecified atom stereocenters. The van der Waals surface area contributed by atoms with Gasteiger partial charge in [0, 0.05) is 23.3 Å². The summed E-state index contributed by atoms with van der Waals surface area (Å²) in [5.74, 6) is 0.242. The molecule has 1 atom stereocenters. The van der Waals surface area contributed by atoms with Crippen LogP contribution in [0.2, 0.25) is 0 Å². The number of hydrogen-bond acceptors (Lipinski definition) is 5. The zero-order valence-electron chi connectivity index (χ0n) is 11.1. The van der Waals surface area contributed by atoms with E-state index >= 15 is 0 Å². The number of halogens is 1. The standard InChI is InChI=1S/C12H17BrN2O4S/c1-18-11-5-9(13)10(14)6-12(11)20(16,17)15-7-8-3-2-4-19-8/h5-6,8,15H,2-4,7,14H2,1H3. The van der Waals surface area contributed by atoms with Crippen LogP contribution in [-0.4, -0.2) is 34.8 Å². The lowest BCUT2D eigenvalue weighted by molar-refractivity contribution is 0.114. The van der Waals surface area contributed by atoms with Crippen LogP contribution in [0.1, 0.15) is 12.8 Å². The highest BCUT2D eigenvalue weighted by Gasteiger charge is 2.24. The normalized spacial score (nSPS) is 19.2. The van der Waals surface area contributed by atoms with Crippen molar-refractivity contribution in [2.24, 2.45) is 0 Å². The van der Waals surface area contributed by atoms with Crippen LogP contribution in [0.15, 0.2) is 21.5 Å². The van der Waals surface area contributed by atoms with E-state index in [0.29, 0.717) is 16.8 Å². The van der Waals surface area contributed by atoms with E-state index in [1.54, 1.807) is 0 Å². The Labute approximate surface area is 126 Å². The SMILES string of the molecule is COc1cc(Br)c(N)cc1S(=O)(=O)NCC1CCCO1. The average molecular weight is 365 g/mol. The van der Waals surface area contributed by atoms with E-state index in [4.69, 9.17) is 15.2 Å². The Morgan fingerprint density at radius 1 is 1.55 bits per heavy atom. The van der Waals surface area contributed by atoms with Gasteiger partial charge in [-0.1, -0.05) is 0 Å². The molecule has 1 heterocycles. The summed E-state index contributed by atoms with van der Waals surface area (Å²) in [7, 11) is -2.27. The van der Waals surface area contributed by atoms with Gasteiger partial charge in [0.25, 0.3) is 0 Å². The van der Waals surface area contributed by atoms with Crippen molar-refractivity contribution in [3.05, 3.63) is 16.6 Å². The first-order valence-electron chi connectivity index (χ1n) is 6.18. The van der Waals surface area contributed by atoms with Crippen molar-refractivity contribution in [2.75, 3.05) is 26.0 Å². The minimum atomic E-state index is -3.69. The molecule has 0 amide bonds. The molecule has 2 rings (SSSR count). The monoisotopic (exact) mass is 364 g/mol. The Balaban J connectivity index is 2.21. The lowest BCUT2D eigenvalue weighted by Gasteiger charge is -2.14. The molecule has 1 aliphatic heterocycles. The second kappa shape index (κ2) is 6.30. The first-order chi connectivity index (χ1) is 9.44. The van der Waals surface area contributed by atoms with Crippen molar-refractivity contribution in [3.8, 4) is 5.75 Å². The predicted molar refractivity (Wildman–Crippen MR) is 79.3 cm³/mol. The van der Waals surface area contributed by atoms with Gasteiger partial charge < -0.3 is 15.2 Å². The fourth-order valence-electron chi connectivity index (χ4n) is 2.01. The molecular weight excluding hydrogens is 348 g/mol. The largest absolute Gasteiger partial charge is 0.495 e. The number of methoxy groups -OCH3 is 1. The maximum absolute atomic E-state index is 12.3. The fourth-order valence-corrected chi connectivity index (χ4v) is 3.58. The molecule has 0 aromatic heterocycles. The van der Waals surface area contributed by atoms with E-state index in [9.17, 15) is 8.42 Å². The van der Waals surface area contributed by atoms with Gasteiger partial charge in [-0.05, 0) is 40.9 Å². The molecule has 1 aromatic rings. The Morgan fingerprint density at radius 3 is 2.90 bits per heavy atom. The van der Waals surface area contributed by atoms with Crippen molar-refractivity contribution in [1.29, 1.82) is 0 Å². The molecular formula is C12H17BrN2O4S. The number of nitrogens with two attached hydrogens (primary N) is 1. The van der Waals surface area contributed by atoms with Crippen LogP contribution in [0.25, 0.3) is 0 Å². The third-order valence-electron chi connectivity index (χ3n) is 3.10. The molecule has 0 spiro atoms. The van der Waals surface area contributed by atoms with E-state index < -0.39 is 10.0 Å². The third kappa shape index (κ3) is 3.43. The molecule has 1 fully saturated rings. The highest BCUT2D eigenvalue weighted by atomic mass is 79.9. The molecule has 0 aliphatic carbocycles. The van der Waals surface area contributed by atoms with Gasteiger partial charge in [-0.15, -0.1) is 0 Å². The Bertz CT molecular complexity index is 585. The van der Waals surface area contributed by atoms with Gasteiger partial charge in [-0.3, -0.25) is 0 Å². The van der Waals surface area contributed by atoms with E-state index in [0.717, 1.165) is 12.8 Å². The van der Waals surface area contributed by atoms with Crippen LogP contribution in [0.4, 0.5) is 5.69 Å². The quantitative estimate of drug-likeness (QED) is 0.772. The number of sulfonamides is 1. The first-order valence-corrected chi connectivity index (χ1v) is 8.46. The van der Waals surface area contributed by atoms with E-state index in [1.165, 1.54) is 19.2 Å². The van der Waals surface area contributed by atoms with Gasteiger partial charge in [0.15, 0.2) is 0 Å². The van der Waals surface area contributed by atoms with E-state index in [2.05, 4.69) is 20.7 Å². The highest BCUT2D eigenvalue weighted by molar-refractivity contribution is 9.10. The summed E-state index contributed by atoms with van der Waals surface area (Å²) in [6.45, 7) is 0.933. The van der Waals surface area contributed by atoms with Crippen molar-refractivity contribution in [3.63, 3.8) is 0 Å². The number of ether oxygens (including phenoxy) is 2. The maximum Gasteiger partial charge on any atom is 0.244 e. The van der Waals surface area contributed by atoms with Gasteiger partial charge in [0.1, 0.15) is 10.6 Å². The molecule has 20 heavy (non-hydrogen) atoms. The van der Waals surface area contributed by atoms with Crippen LogP contribution < -0.4 is 15.2 Å². The predicted octanol–water partition coefficient (Wildman–Crippen LogP) is 1.50. The van der Waals surface area contributed by atoms with Crippen molar-refractivity contribution in [1.82, 2.24) is 4.72 Å². The number of hydrogen-bond donors (Lipinski definition) is 2. The van der Waals surface area contributed by atoms with Crippen LogP contribution >= 0.6 is 15.9 Å². The van der Waals surface area contributed by atoms with Crippen LogP contribution in [0, 0.1) is 0 Å². The molecule has 1 aromatic carbocycles. The topological polar surface area (TPSA) is 90.7 Å². The molecule has 8 heteroatoms. The molecule has 0 bridgehead atoms. The fraction of sp³-hybridized carbons (Fsp3) is 0.500. The summed E-state index contributed by atoms with van der Waals surface area (Å²) in [6, 6.07) is 2.91. The summed E-state index contributed by atoms with van der Waals surface area (Å²) < 4.78 is 38.3. The lowest BCUT2D eigenvalue weighted by Crippen LogP contribution is -2.32.